The molecule has 0 unspecified atom stereocenters. The third-order valence-corrected chi connectivity index (χ3v) is 2.30. The highest BCUT2D eigenvalue weighted by atomic mass is 32.2. The van der Waals surface area contributed by atoms with E-state index in [9.17, 15) is 13.2 Å². The number of allylic oxidation sites excluding steroid dienone is 2. The van der Waals surface area contributed by atoms with Crippen LogP contribution in [0.2, 0.25) is 0 Å². The lowest BCUT2D eigenvalue weighted by molar-refractivity contribution is 0.564. The topological polar surface area (TPSA) is 112 Å². The van der Waals surface area contributed by atoms with Crippen molar-refractivity contribution in [2.75, 3.05) is 0 Å². The Balaban J connectivity index is 3.32. The zero-order valence-corrected chi connectivity index (χ0v) is 8.10. The van der Waals surface area contributed by atoms with Crippen LogP contribution in [-0.4, -0.2) is 19.4 Å². The Bertz CT molecular complexity index is 563. The molecule has 0 saturated heterocycles. The van der Waals surface area contributed by atoms with E-state index in [0.29, 0.717) is 0 Å². The van der Waals surface area contributed by atoms with E-state index >= 15 is 0 Å². The number of rotatable bonds is 2. The summed E-state index contributed by atoms with van der Waals surface area (Å²) in [7, 11) is -2.37. The van der Waals surface area contributed by atoms with Gasteiger partial charge in [0.15, 0.2) is 0 Å². The molecule has 0 saturated carbocycles. The normalized spacial score (nSPS) is 14.3. The molecule has 1 rings (SSSR count). The van der Waals surface area contributed by atoms with Crippen molar-refractivity contribution in [1.29, 1.82) is 0 Å². The van der Waals surface area contributed by atoms with Gasteiger partial charge in [-0.15, -0.1) is 0 Å². The summed E-state index contributed by atoms with van der Waals surface area (Å²) < 4.78 is 21.2. The van der Waals surface area contributed by atoms with Crippen molar-refractivity contribution in [3.05, 3.63) is 34.0 Å². The lowest BCUT2D eigenvalue weighted by Crippen LogP contribution is -2.02. The summed E-state index contributed by atoms with van der Waals surface area (Å²) in [5.74, 6) is 0. The van der Waals surface area contributed by atoms with Crippen LogP contribution in [0, 0.1) is 0 Å². The molecule has 76 valence electrons. The van der Waals surface area contributed by atoms with Crippen LogP contribution in [0.3, 0.4) is 0 Å². The molecular weight excluding hydrogens is 220 g/mol. The predicted octanol–water partition coefficient (Wildman–Crippen LogP) is 0.856. The van der Waals surface area contributed by atoms with Crippen molar-refractivity contribution in [2.24, 2.45) is 10.1 Å². The van der Waals surface area contributed by atoms with Crippen LogP contribution in [0.4, 0.5) is 0 Å². The van der Waals surface area contributed by atoms with E-state index in [-0.39, 0.29) is 22.7 Å². The van der Waals surface area contributed by atoms with Crippen LogP contribution < -0.4 is 0 Å². The van der Waals surface area contributed by atoms with E-state index in [2.05, 4.69) is 15.0 Å². The van der Waals surface area contributed by atoms with Gasteiger partial charge in [-0.05, 0) is 11.6 Å². The van der Waals surface area contributed by atoms with E-state index in [0.717, 1.165) is 0 Å². The number of hydrogen-bond acceptors (Lipinski definition) is 5. The molecule has 1 aliphatic rings. The lowest BCUT2D eigenvalue weighted by atomic mass is 10.1. The largest absolute Gasteiger partial charge is 0.240 e. The minimum atomic E-state index is -2.37. The first kappa shape index (κ1) is 10.9. The second kappa shape index (κ2) is 4.92. The fraction of sp³-hybridized carbons (Fsp3) is 0.143. The molecule has 0 aromatic carbocycles. The third kappa shape index (κ3) is 2.65. The van der Waals surface area contributed by atoms with Crippen molar-refractivity contribution < 1.29 is 13.2 Å². The van der Waals surface area contributed by atoms with Crippen LogP contribution in [0.5, 0.6) is 0 Å². The van der Waals surface area contributed by atoms with Crippen molar-refractivity contribution in [3.8, 4) is 0 Å². The van der Waals surface area contributed by atoms with Gasteiger partial charge in [0.05, 0.1) is 16.3 Å². The summed E-state index contributed by atoms with van der Waals surface area (Å²) in [6, 6.07) is 0. The Morgan fingerprint density at radius 1 is 1.47 bits per heavy atom. The van der Waals surface area contributed by atoms with Gasteiger partial charge in [0.25, 0.3) is 0 Å². The SMILES string of the molecule is [N-]=[N+]=NC1=CC(=S(=O)=O)CC=C1N=C=O. The standard InChI is InChI=1S/C7H4N4O3S/c8-11-10-7-3-5(15(13)14)1-2-6(7)9-4-12/h2-3H,1H2. The second-order valence-electron chi connectivity index (χ2n) is 2.42. The molecule has 0 heterocycles. The van der Waals surface area contributed by atoms with Gasteiger partial charge in [0.1, 0.15) is 0 Å². The molecule has 0 aliphatic heterocycles. The van der Waals surface area contributed by atoms with Gasteiger partial charge >= 0.3 is 0 Å². The molecule has 7 nitrogen and oxygen atoms in total. The third-order valence-electron chi connectivity index (χ3n) is 1.59. The monoisotopic (exact) mass is 224 g/mol. The number of aliphatic imine (C=N–C) groups is 1. The maximum absolute atomic E-state index is 10.6. The van der Waals surface area contributed by atoms with Gasteiger partial charge in [-0.1, -0.05) is 11.2 Å². The second-order valence-corrected chi connectivity index (χ2v) is 3.41. The summed E-state index contributed by atoms with van der Waals surface area (Å²) in [6.07, 6.45) is 3.94. The molecular formula is C7H4N4O3S. The summed E-state index contributed by atoms with van der Waals surface area (Å²) in [5, 5.41) is 3.22. The van der Waals surface area contributed by atoms with Gasteiger partial charge in [0.2, 0.25) is 16.4 Å². The Labute approximate surface area is 85.6 Å². The first-order valence-electron chi connectivity index (χ1n) is 3.69. The number of azide groups is 1. The molecule has 0 N–H and O–H groups in total. The average Bonchev–Trinajstić information content (AvgIpc) is 2.21. The number of nitrogens with zero attached hydrogens (tertiary/aromatic N) is 4. The first-order valence-corrected chi connectivity index (χ1v) is 4.77. The highest BCUT2D eigenvalue weighted by molar-refractivity contribution is 7.73. The molecule has 0 spiro atoms. The summed E-state index contributed by atoms with van der Waals surface area (Å²) in [4.78, 5) is 15.9. The predicted molar refractivity (Wildman–Crippen MR) is 52.0 cm³/mol. The van der Waals surface area contributed by atoms with E-state index in [4.69, 9.17) is 5.53 Å². The highest BCUT2D eigenvalue weighted by Gasteiger charge is 2.11. The summed E-state index contributed by atoms with van der Waals surface area (Å²) in [5.41, 5.74) is 8.33. The Morgan fingerprint density at radius 3 is 2.73 bits per heavy atom. The van der Waals surface area contributed by atoms with Crippen LogP contribution in [0.25, 0.3) is 10.4 Å². The van der Waals surface area contributed by atoms with Crippen molar-refractivity contribution in [2.45, 2.75) is 6.42 Å². The fourth-order valence-electron chi connectivity index (χ4n) is 0.984. The molecule has 15 heavy (non-hydrogen) atoms. The Morgan fingerprint density at radius 2 is 2.20 bits per heavy atom. The lowest BCUT2D eigenvalue weighted by Gasteiger charge is -2.05. The van der Waals surface area contributed by atoms with E-state index in [1.54, 1.807) is 0 Å². The van der Waals surface area contributed by atoms with Gasteiger partial charge < -0.3 is 0 Å². The zero-order valence-electron chi connectivity index (χ0n) is 7.28. The van der Waals surface area contributed by atoms with E-state index < -0.39 is 10.3 Å². The van der Waals surface area contributed by atoms with Gasteiger partial charge in [0, 0.05) is 11.3 Å². The maximum atomic E-state index is 10.6. The van der Waals surface area contributed by atoms with E-state index in [1.807, 2.05) is 0 Å². The number of hydrogen-bond donors (Lipinski definition) is 0. The molecule has 0 atom stereocenters. The Hall–Kier alpha value is -2.14. The van der Waals surface area contributed by atoms with Gasteiger partial charge in [-0.25, -0.2) is 4.79 Å². The van der Waals surface area contributed by atoms with Crippen LogP contribution in [0.1, 0.15) is 6.42 Å². The molecule has 1 aliphatic carbocycles. The van der Waals surface area contributed by atoms with Crippen LogP contribution >= 0.6 is 0 Å². The summed E-state index contributed by atoms with van der Waals surface area (Å²) in [6.45, 7) is 0. The quantitative estimate of drug-likeness (QED) is 0.173. The Kier molecular flexibility index (Phi) is 3.59. The fourth-order valence-corrected chi connectivity index (χ4v) is 1.41. The van der Waals surface area contributed by atoms with Crippen LogP contribution in [-0.2, 0) is 15.1 Å². The smallest absolute Gasteiger partial charge is 0.211 e. The molecule has 0 aromatic heterocycles. The van der Waals surface area contributed by atoms with Crippen molar-refractivity contribution in [1.82, 2.24) is 0 Å². The van der Waals surface area contributed by atoms with Crippen molar-refractivity contribution in [3.63, 3.8) is 0 Å². The molecule has 0 radical (unpaired) electrons. The minimum absolute atomic E-state index is 0.00806. The molecule has 8 heteroatoms. The molecule has 0 aromatic rings. The zero-order chi connectivity index (χ0) is 11.3. The van der Waals surface area contributed by atoms with Crippen molar-refractivity contribution >= 4 is 21.2 Å². The summed E-state index contributed by atoms with van der Waals surface area (Å²) >= 11 is 0. The molecule has 0 amide bonds. The first-order chi connectivity index (χ1) is 7.19. The number of carbonyl (C=O) groups excluding carboxylic acids is 1. The molecule has 0 fully saturated rings. The van der Waals surface area contributed by atoms with Gasteiger partial charge in [-0.2, -0.15) is 13.4 Å². The highest BCUT2D eigenvalue weighted by Crippen LogP contribution is 2.19. The maximum Gasteiger partial charge on any atom is 0.240 e. The molecule has 0 bridgehead atoms. The van der Waals surface area contributed by atoms with E-state index in [1.165, 1.54) is 18.2 Å². The van der Waals surface area contributed by atoms with Crippen LogP contribution in [0.15, 0.2) is 33.7 Å². The number of isocyanates is 1. The minimum Gasteiger partial charge on any atom is -0.211 e. The average molecular weight is 224 g/mol. The van der Waals surface area contributed by atoms with Gasteiger partial charge in [-0.3, -0.25) is 0 Å².